The third-order valence-corrected chi connectivity index (χ3v) is 4.73. The number of hydrogen-bond donors (Lipinski definition) is 2. The summed E-state index contributed by atoms with van der Waals surface area (Å²) in [5.41, 5.74) is 2.97. The van der Waals surface area contributed by atoms with Crippen LogP contribution in [0.1, 0.15) is 22.3 Å². The van der Waals surface area contributed by atoms with Crippen LogP contribution in [0.3, 0.4) is 0 Å². The molecule has 2 aromatic carbocycles. The molecule has 0 aromatic heterocycles. The van der Waals surface area contributed by atoms with Crippen LogP contribution in [-0.2, 0) is 11.2 Å². The number of nitrogens with one attached hydrogen (secondary N) is 2. The lowest BCUT2D eigenvalue weighted by Gasteiger charge is -2.18. The maximum Gasteiger partial charge on any atom is 0.257 e. The average molecular weight is 347 g/mol. The zero-order chi connectivity index (χ0) is 16.4. The number of rotatable bonds is 3. The fourth-order valence-corrected chi connectivity index (χ4v) is 3.11. The summed E-state index contributed by atoms with van der Waals surface area (Å²) in [7, 11) is 0. The van der Waals surface area contributed by atoms with Crippen molar-refractivity contribution in [3.63, 3.8) is 0 Å². The summed E-state index contributed by atoms with van der Waals surface area (Å²) in [6.45, 7) is 0. The van der Waals surface area contributed by atoms with Gasteiger partial charge in [-0.1, -0.05) is 11.6 Å². The van der Waals surface area contributed by atoms with Crippen LogP contribution >= 0.6 is 23.4 Å². The van der Waals surface area contributed by atoms with Crippen molar-refractivity contribution >= 4 is 46.6 Å². The van der Waals surface area contributed by atoms with Gasteiger partial charge in [-0.2, -0.15) is 0 Å². The Bertz CT molecular complexity index is 792. The monoisotopic (exact) mass is 346 g/mol. The lowest BCUT2D eigenvalue weighted by atomic mass is 10.0. The number of hydrogen-bond acceptors (Lipinski definition) is 3. The fourth-order valence-electron chi connectivity index (χ4n) is 2.46. The Morgan fingerprint density at radius 1 is 1.22 bits per heavy atom. The van der Waals surface area contributed by atoms with Gasteiger partial charge in [-0.05, 0) is 54.6 Å². The number of amides is 2. The molecule has 1 aliphatic rings. The normalized spacial score (nSPS) is 13.2. The highest BCUT2D eigenvalue weighted by Gasteiger charge is 2.16. The smallest absolute Gasteiger partial charge is 0.257 e. The highest BCUT2D eigenvalue weighted by atomic mass is 35.5. The summed E-state index contributed by atoms with van der Waals surface area (Å²) in [5, 5.41) is 6.11. The van der Waals surface area contributed by atoms with Gasteiger partial charge >= 0.3 is 0 Å². The SMILES string of the molecule is CSc1ccc(Cl)c(C(=O)Nc2ccc3c(c2)CCC(=O)N3)c1. The van der Waals surface area contributed by atoms with Gasteiger partial charge in [0.05, 0.1) is 10.6 Å². The molecule has 3 rings (SSSR count). The van der Waals surface area contributed by atoms with E-state index in [0.717, 1.165) is 16.1 Å². The van der Waals surface area contributed by atoms with E-state index in [2.05, 4.69) is 10.6 Å². The number of carbonyl (C=O) groups is 2. The highest BCUT2D eigenvalue weighted by Crippen LogP contribution is 2.27. The van der Waals surface area contributed by atoms with Gasteiger partial charge < -0.3 is 10.6 Å². The molecule has 0 saturated heterocycles. The molecule has 2 amide bonds. The number of carbonyl (C=O) groups excluding carboxylic acids is 2. The predicted octanol–water partition coefficient (Wildman–Crippen LogP) is 4.20. The van der Waals surface area contributed by atoms with Crippen LogP contribution in [0.25, 0.3) is 0 Å². The minimum atomic E-state index is -0.245. The van der Waals surface area contributed by atoms with Crippen molar-refractivity contribution < 1.29 is 9.59 Å². The van der Waals surface area contributed by atoms with Crippen molar-refractivity contribution in [1.29, 1.82) is 0 Å². The lowest BCUT2D eigenvalue weighted by Crippen LogP contribution is -2.19. The number of benzene rings is 2. The minimum absolute atomic E-state index is 0.0231. The Balaban J connectivity index is 1.82. The second-order valence-corrected chi connectivity index (χ2v) is 6.51. The summed E-state index contributed by atoms with van der Waals surface area (Å²) < 4.78 is 0. The molecular weight excluding hydrogens is 332 g/mol. The van der Waals surface area contributed by atoms with Crippen molar-refractivity contribution in [1.82, 2.24) is 0 Å². The van der Waals surface area contributed by atoms with Crippen molar-refractivity contribution in [3.8, 4) is 0 Å². The van der Waals surface area contributed by atoms with Crippen LogP contribution in [0, 0.1) is 0 Å². The van der Waals surface area contributed by atoms with E-state index in [9.17, 15) is 9.59 Å². The first-order valence-electron chi connectivity index (χ1n) is 7.14. The van der Waals surface area contributed by atoms with Crippen molar-refractivity contribution in [2.75, 3.05) is 16.9 Å². The third kappa shape index (κ3) is 3.51. The first kappa shape index (κ1) is 15.9. The van der Waals surface area contributed by atoms with E-state index >= 15 is 0 Å². The first-order valence-corrected chi connectivity index (χ1v) is 8.75. The number of anilines is 2. The number of thioether (sulfide) groups is 1. The number of halogens is 1. The fraction of sp³-hybridized carbons (Fsp3) is 0.176. The van der Waals surface area contributed by atoms with E-state index in [1.165, 1.54) is 0 Å². The molecule has 0 radical (unpaired) electrons. The molecule has 6 heteroatoms. The second kappa shape index (κ2) is 6.64. The molecule has 4 nitrogen and oxygen atoms in total. The van der Waals surface area contributed by atoms with Gasteiger partial charge in [-0.15, -0.1) is 11.8 Å². The molecule has 0 fully saturated rings. The van der Waals surface area contributed by atoms with Crippen molar-refractivity contribution in [3.05, 3.63) is 52.5 Å². The molecule has 0 unspecified atom stereocenters. The van der Waals surface area contributed by atoms with E-state index < -0.39 is 0 Å². The van der Waals surface area contributed by atoms with Gasteiger partial charge in [-0.25, -0.2) is 0 Å². The first-order chi connectivity index (χ1) is 11.1. The van der Waals surface area contributed by atoms with E-state index in [4.69, 9.17) is 11.6 Å². The lowest BCUT2D eigenvalue weighted by molar-refractivity contribution is -0.116. The number of fused-ring (bicyclic) bond motifs is 1. The molecule has 0 bridgehead atoms. The van der Waals surface area contributed by atoms with Crippen molar-refractivity contribution in [2.45, 2.75) is 17.7 Å². The predicted molar refractivity (Wildman–Crippen MR) is 94.6 cm³/mol. The summed E-state index contributed by atoms with van der Waals surface area (Å²) in [6, 6.07) is 10.9. The molecule has 118 valence electrons. The highest BCUT2D eigenvalue weighted by molar-refractivity contribution is 7.98. The Morgan fingerprint density at radius 2 is 2.04 bits per heavy atom. The topological polar surface area (TPSA) is 58.2 Å². The van der Waals surface area contributed by atoms with Crippen LogP contribution in [0.2, 0.25) is 5.02 Å². The van der Waals surface area contributed by atoms with Crippen LogP contribution in [-0.4, -0.2) is 18.1 Å². The zero-order valence-corrected chi connectivity index (χ0v) is 14.1. The molecule has 1 heterocycles. The molecule has 0 spiro atoms. The summed E-state index contributed by atoms with van der Waals surface area (Å²) in [4.78, 5) is 24.8. The molecule has 0 atom stereocenters. The zero-order valence-electron chi connectivity index (χ0n) is 12.5. The molecule has 23 heavy (non-hydrogen) atoms. The minimum Gasteiger partial charge on any atom is -0.326 e. The quantitative estimate of drug-likeness (QED) is 0.819. The molecule has 0 saturated carbocycles. The maximum absolute atomic E-state index is 12.4. The Labute approximate surface area is 143 Å². The second-order valence-electron chi connectivity index (χ2n) is 5.22. The van der Waals surface area contributed by atoms with Crippen LogP contribution in [0.4, 0.5) is 11.4 Å². The van der Waals surface area contributed by atoms with E-state index in [-0.39, 0.29) is 11.8 Å². The molecular formula is C17H15ClN2O2S. The molecule has 0 aliphatic carbocycles. The van der Waals surface area contributed by atoms with Crippen LogP contribution in [0.5, 0.6) is 0 Å². The van der Waals surface area contributed by atoms with Crippen LogP contribution in [0.15, 0.2) is 41.3 Å². The largest absolute Gasteiger partial charge is 0.326 e. The third-order valence-electron chi connectivity index (χ3n) is 3.68. The standard InChI is InChI=1S/C17H15ClN2O2S/c1-23-12-4-5-14(18)13(9-12)17(22)19-11-3-6-15-10(8-11)2-7-16(21)20-15/h3-6,8-9H,2,7H2,1H3,(H,19,22)(H,20,21). The Kier molecular flexibility index (Phi) is 4.59. The molecule has 2 aromatic rings. The molecule has 1 aliphatic heterocycles. The van der Waals surface area contributed by atoms with E-state index in [1.54, 1.807) is 30.0 Å². The van der Waals surface area contributed by atoms with Gasteiger partial charge in [0.25, 0.3) is 5.91 Å². The Morgan fingerprint density at radius 3 is 2.83 bits per heavy atom. The van der Waals surface area contributed by atoms with E-state index in [1.807, 2.05) is 24.5 Å². The van der Waals surface area contributed by atoms with Crippen LogP contribution < -0.4 is 10.6 Å². The van der Waals surface area contributed by atoms with Gasteiger partial charge in [0.15, 0.2) is 0 Å². The van der Waals surface area contributed by atoms with Gasteiger partial charge in [0, 0.05) is 22.7 Å². The van der Waals surface area contributed by atoms with E-state index in [0.29, 0.717) is 29.1 Å². The van der Waals surface area contributed by atoms with Gasteiger partial charge in [0.1, 0.15) is 0 Å². The van der Waals surface area contributed by atoms with Gasteiger partial charge in [0.2, 0.25) is 5.91 Å². The Hall–Kier alpha value is -1.98. The summed E-state index contributed by atoms with van der Waals surface area (Å²) >= 11 is 7.68. The summed E-state index contributed by atoms with van der Waals surface area (Å²) in [5.74, 6) is -0.222. The maximum atomic E-state index is 12.4. The molecule has 2 N–H and O–H groups in total. The van der Waals surface area contributed by atoms with Crippen molar-refractivity contribution in [2.24, 2.45) is 0 Å². The average Bonchev–Trinajstić information content (AvgIpc) is 2.55. The summed E-state index contributed by atoms with van der Waals surface area (Å²) in [6.07, 6.45) is 3.09. The van der Waals surface area contributed by atoms with Gasteiger partial charge in [-0.3, -0.25) is 9.59 Å². The number of aryl methyl sites for hydroxylation is 1.